The van der Waals surface area contributed by atoms with Crippen LogP contribution in [-0.2, 0) is 0 Å². The fraction of sp³-hybridized carbons (Fsp3) is 0.263. The predicted molar refractivity (Wildman–Crippen MR) is 95.5 cm³/mol. The van der Waals surface area contributed by atoms with E-state index in [9.17, 15) is 9.18 Å². The van der Waals surface area contributed by atoms with Gasteiger partial charge in [0.05, 0.1) is 18.2 Å². The van der Waals surface area contributed by atoms with E-state index in [1.807, 2.05) is 6.92 Å². The van der Waals surface area contributed by atoms with E-state index in [-0.39, 0.29) is 11.7 Å². The Balaban J connectivity index is 2.29. The number of terminal acetylenes is 1. The molecule has 0 bridgehead atoms. The number of rotatable bonds is 6. The zero-order valence-corrected chi connectivity index (χ0v) is 14.4. The number of carbonyl (C=O) groups excluding carboxylic acids is 1. The summed E-state index contributed by atoms with van der Waals surface area (Å²) in [6.45, 7) is 3.67. The van der Waals surface area contributed by atoms with Gasteiger partial charge in [-0.25, -0.2) is 9.37 Å². The summed E-state index contributed by atoms with van der Waals surface area (Å²) in [6, 6.07) is 7.59. The molecule has 0 spiro atoms. The highest BCUT2D eigenvalue weighted by atomic mass is 19.1. The Hall–Kier alpha value is -3.07. The second-order valence-corrected chi connectivity index (χ2v) is 5.66. The lowest BCUT2D eigenvalue weighted by atomic mass is 9.99. The first-order chi connectivity index (χ1) is 11.9. The zero-order chi connectivity index (χ0) is 18.4. The van der Waals surface area contributed by atoms with Gasteiger partial charge in [0.2, 0.25) is 0 Å². The van der Waals surface area contributed by atoms with Crippen molar-refractivity contribution in [3.8, 4) is 18.1 Å². The van der Waals surface area contributed by atoms with Gasteiger partial charge in [0.1, 0.15) is 5.82 Å². The van der Waals surface area contributed by atoms with Crippen LogP contribution >= 0.6 is 0 Å². The van der Waals surface area contributed by atoms with Crippen molar-refractivity contribution in [2.75, 3.05) is 12.4 Å². The first-order valence-electron chi connectivity index (χ1n) is 7.78. The summed E-state index contributed by atoms with van der Waals surface area (Å²) in [4.78, 5) is 16.8. The number of anilines is 2. The molecular weight excluding hydrogens is 321 g/mol. The molecule has 2 rings (SSSR count). The van der Waals surface area contributed by atoms with Crippen molar-refractivity contribution in [1.82, 2.24) is 10.3 Å². The SMILES string of the molecule is C#C[C@](C)(CC)NC(=O)c1cccnc1Nc1ccc(F)c(OC)c1. The molecule has 1 aromatic heterocycles. The van der Waals surface area contributed by atoms with Crippen LogP contribution in [0.2, 0.25) is 0 Å². The maximum absolute atomic E-state index is 13.5. The standard InChI is InChI=1S/C19H20FN3O2/c1-5-19(3,6-2)23-18(24)14-8-7-11-21-17(14)22-13-9-10-15(20)16(12-13)25-4/h1,7-12H,6H2,2-4H3,(H,21,22)(H,23,24)/t19-/m1/s1. The molecule has 0 aliphatic carbocycles. The summed E-state index contributed by atoms with van der Waals surface area (Å²) < 4.78 is 18.5. The number of benzene rings is 1. The molecule has 5 nitrogen and oxygen atoms in total. The molecule has 1 atom stereocenters. The first-order valence-corrected chi connectivity index (χ1v) is 7.78. The number of amides is 1. The van der Waals surface area contributed by atoms with Gasteiger partial charge in [-0.05, 0) is 37.6 Å². The highest BCUT2D eigenvalue weighted by Crippen LogP contribution is 2.25. The molecule has 1 aromatic carbocycles. The number of carbonyl (C=O) groups is 1. The van der Waals surface area contributed by atoms with Crippen LogP contribution in [0.3, 0.4) is 0 Å². The summed E-state index contributed by atoms with van der Waals surface area (Å²) in [5, 5.41) is 5.83. The highest BCUT2D eigenvalue weighted by Gasteiger charge is 2.23. The Morgan fingerprint density at radius 1 is 1.44 bits per heavy atom. The van der Waals surface area contributed by atoms with Gasteiger partial charge in [0.15, 0.2) is 11.6 Å². The molecule has 1 heterocycles. The Labute approximate surface area is 146 Å². The van der Waals surface area contributed by atoms with Crippen molar-refractivity contribution in [3.05, 3.63) is 47.9 Å². The molecule has 130 valence electrons. The molecule has 25 heavy (non-hydrogen) atoms. The van der Waals surface area contributed by atoms with E-state index in [4.69, 9.17) is 11.2 Å². The van der Waals surface area contributed by atoms with E-state index in [1.165, 1.54) is 25.3 Å². The third kappa shape index (κ3) is 4.27. The fourth-order valence-corrected chi connectivity index (χ4v) is 2.11. The molecule has 0 unspecified atom stereocenters. The molecule has 0 saturated carbocycles. The van der Waals surface area contributed by atoms with Crippen LogP contribution in [0.5, 0.6) is 5.75 Å². The summed E-state index contributed by atoms with van der Waals surface area (Å²) in [5.41, 5.74) is 0.130. The first kappa shape index (κ1) is 18.3. The van der Waals surface area contributed by atoms with Crippen LogP contribution in [0.25, 0.3) is 0 Å². The van der Waals surface area contributed by atoms with Crippen LogP contribution in [0.1, 0.15) is 30.6 Å². The Morgan fingerprint density at radius 3 is 2.84 bits per heavy atom. The molecule has 1 amide bonds. The molecular formula is C19H20FN3O2. The summed E-state index contributed by atoms with van der Waals surface area (Å²) in [7, 11) is 1.38. The molecule has 6 heteroatoms. The second kappa shape index (κ2) is 7.67. The maximum atomic E-state index is 13.5. The van der Waals surface area contributed by atoms with Crippen molar-refractivity contribution >= 4 is 17.4 Å². The van der Waals surface area contributed by atoms with Gasteiger partial charge in [0, 0.05) is 18.0 Å². The minimum atomic E-state index is -0.747. The average Bonchev–Trinajstić information content (AvgIpc) is 2.63. The van der Waals surface area contributed by atoms with Gasteiger partial charge in [-0.3, -0.25) is 4.79 Å². The lowest BCUT2D eigenvalue weighted by Gasteiger charge is -2.24. The normalized spacial score (nSPS) is 12.6. The Kier molecular flexibility index (Phi) is 5.60. The smallest absolute Gasteiger partial charge is 0.256 e. The van der Waals surface area contributed by atoms with Crippen molar-refractivity contribution in [2.24, 2.45) is 0 Å². The quantitative estimate of drug-likeness (QED) is 0.790. The van der Waals surface area contributed by atoms with Gasteiger partial charge in [-0.2, -0.15) is 0 Å². The van der Waals surface area contributed by atoms with E-state index in [0.717, 1.165) is 0 Å². The highest BCUT2D eigenvalue weighted by molar-refractivity contribution is 6.00. The van der Waals surface area contributed by atoms with Crippen LogP contribution < -0.4 is 15.4 Å². The van der Waals surface area contributed by atoms with Crippen molar-refractivity contribution < 1.29 is 13.9 Å². The number of halogens is 1. The number of hydrogen-bond donors (Lipinski definition) is 2. The van der Waals surface area contributed by atoms with Crippen LogP contribution in [0.15, 0.2) is 36.5 Å². The summed E-state index contributed by atoms with van der Waals surface area (Å²) in [6.07, 6.45) is 7.65. The van der Waals surface area contributed by atoms with Gasteiger partial charge >= 0.3 is 0 Å². The Morgan fingerprint density at radius 2 is 2.20 bits per heavy atom. The van der Waals surface area contributed by atoms with E-state index in [0.29, 0.717) is 23.5 Å². The van der Waals surface area contributed by atoms with Crippen LogP contribution in [0.4, 0.5) is 15.9 Å². The minimum Gasteiger partial charge on any atom is -0.494 e. The van der Waals surface area contributed by atoms with Gasteiger partial charge < -0.3 is 15.4 Å². The molecule has 2 N–H and O–H groups in total. The minimum absolute atomic E-state index is 0.0952. The number of hydrogen-bond acceptors (Lipinski definition) is 4. The van der Waals surface area contributed by atoms with Crippen molar-refractivity contribution in [2.45, 2.75) is 25.8 Å². The van der Waals surface area contributed by atoms with Crippen molar-refractivity contribution in [3.63, 3.8) is 0 Å². The third-order valence-corrected chi connectivity index (χ3v) is 3.88. The Bertz CT molecular complexity index is 817. The number of nitrogens with one attached hydrogen (secondary N) is 2. The largest absolute Gasteiger partial charge is 0.494 e. The van der Waals surface area contributed by atoms with Gasteiger partial charge in [-0.15, -0.1) is 6.42 Å². The second-order valence-electron chi connectivity index (χ2n) is 5.66. The third-order valence-electron chi connectivity index (χ3n) is 3.88. The molecule has 0 saturated heterocycles. The molecule has 0 aliphatic rings. The topological polar surface area (TPSA) is 63.2 Å². The zero-order valence-electron chi connectivity index (χ0n) is 14.4. The van der Waals surface area contributed by atoms with E-state index >= 15 is 0 Å². The molecule has 0 fully saturated rings. The lowest BCUT2D eigenvalue weighted by Crippen LogP contribution is -2.44. The average molecular weight is 341 g/mol. The number of ether oxygens (including phenoxy) is 1. The predicted octanol–water partition coefficient (Wildman–Crippen LogP) is 3.50. The van der Waals surface area contributed by atoms with Crippen LogP contribution in [-0.4, -0.2) is 23.5 Å². The van der Waals surface area contributed by atoms with E-state index < -0.39 is 11.4 Å². The molecule has 0 radical (unpaired) electrons. The van der Waals surface area contributed by atoms with Crippen LogP contribution in [0, 0.1) is 18.2 Å². The van der Waals surface area contributed by atoms with E-state index in [1.54, 1.807) is 25.3 Å². The molecule has 0 aliphatic heterocycles. The maximum Gasteiger partial charge on any atom is 0.256 e. The van der Waals surface area contributed by atoms with Gasteiger partial charge in [-0.1, -0.05) is 12.8 Å². The molecule has 2 aromatic rings. The number of nitrogens with zero attached hydrogens (tertiary/aromatic N) is 1. The summed E-state index contributed by atoms with van der Waals surface area (Å²) >= 11 is 0. The number of methoxy groups -OCH3 is 1. The van der Waals surface area contributed by atoms with Gasteiger partial charge in [0.25, 0.3) is 5.91 Å². The number of aromatic nitrogens is 1. The lowest BCUT2D eigenvalue weighted by molar-refractivity contribution is 0.0924. The summed E-state index contributed by atoms with van der Waals surface area (Å²) in [5.74, 6) is 2.21. The monoisotopic (exact) mass is 341 g/mol. The van der Waals surface area contributed by atoms with Crippen molar-refractivity contribution in [1.29, 1.82) is 0 Å². The van der Waals surface area contributed by atoms with E-state index in [2.05, 4.69) is 21.5 Å². The number of pyridine rings is 1. The fourth-order valence-electron chi connectivity index (χ4n) is 2.11.